The van der Waals surface area contributed by atoms with Crippen molar-refractivity contribution in [2.24, 2.45) is 0 Å². The molecule has 0 aliphatic carbocycles. The van der Waals surface area contributed by atoms with Crippen LogP contribution in [0.3, 0.4) is 0 Å². The first kappa shape index (κ1) is 14.2. The molecule has 0 N–H and O–H groups in total. The molecule has 0 heterocycles. The molecule has 0 bridgehead atoms. The molecule has 0 aliphatic rings. The average molecular weight is 254 g/mol. The minimum Gasteiger partial charge on any atom is -0.303 e. The Bertz CT molecular complexity index is 344. The fourth-order valence-electron chi connectivity index (χ4n) is 1.74. The van der Waals surface area contributed by atoms with Crippen LogP contribution in [0, 0.1) is 0 Å². The molecule has 0 amide bonds. The molecule has 0 aliphatic heterocycles. The molecule has 1 rings (SSSR count). The van der Waals surface area contributed by atoms with Crippen LogP contribution in [-0.4, -0.2) is 30.3 Å². The number of halogens is 1. The second kappa shape index (κ2) is 7.46. The van der Waals surface area contributed by atoms with E-state index in [1.165, 1.54) is 0 Å². The summed E-state index contributed by atoms with van der Waals surface area (Å²) in [5.41, 5.74) is 1.04. The highest BCUT2D eigenvalue weighted by atomic mass is 35.5. The van der Waals surface area contributed by atoms with E-state index in [4.69, 9.17) is 11.6 Å². The maximum Gasteiger partial charge on any atom is 0.138 e. The number of Topliss-reactive ketones (excluding diaryl/α,β-unsaturated/α-hetero) is 1. The quantitative estimate of drug-likeness (QED) is 0.744. The van der Waals surface area contributed by atoms with E-state index in [9.17, 15) is 4.79 Å². The van der Waals surface area contributed by atoms with Gasteiger partial charge in [-0.2, -0.15) is 0 Å². The Kier molecular flexibility index (Phi) is 6.23. The third kappa shape index (κ3) is 5.33. The molecule has 0 saturated heterocycles. The fraction of sp³-hybridized carbons (Fsp3) is 0.500. The van der Waals surface area contributed by atoms with Gasteiger partial charge in [0.1, 0.15) is 5.78 Å². The van der Waals surface area contributed by atoms with E-state index in [-0.39, 0.29) is 0 Å². The number of carbonyl (C=O) groups excluding carboxylic acids is 1. The SMILES string of the molecule is CCN(CC)CCC(=O)Cc1ccc(Cl)cc1. The summed E-state index contributed by atoms with van der Waals surface area (Å²) < 4.78 is 0. The highest BCUT2D eigenvalue weighted by molar-refractivity contribution is 6.30. The monoisotopic (exact) mass is 253 g/mol. The number of benzene rings is 1. The molecule has 0 saturated carbocycles. The maximum absolute atomic E-state index is 11.8. The van der Waals surface area contributed by atoms with E-state index in [1.54, 1.807) is 0 Å². The first-order valence-electron chi connectivity index (χ1n) is 6.14. The summed E-state index contributed by atoms with van der Waals surface area (Å²) in [6, 6.07) is 7.48. The van der Waals surface area contributed by atoms with Gasteiger partial charge in [0.2, 0.25) is 0 Å². The lowest BCUT2D eigenvalue weighted by atomic mass is 10.1. The summed E-state index contributed by atoms with van der Waals surface area (Å²) in [4.78, 5) is 14.0. The van der Waals surface area contributed by atoms with E-state index in [2.05, 4.69) is 18.7 Å². The van der Waals surface area contributed by atoms with Gasteiger partial charge in [-0.05, 0) is 30.8 Å². The number of hydrogen-bond acceptors (Lipinski definition) is 2. The molecule has 17 heavy (non-hydrogen) atoms. The Balaban J connectivity index is 2.37. The van der Waals surface area contributed by atoms with Crippen molar-refractivity contribution in [1.82, 2.24) is 4.90 Å². The topological polar surface area (TPSA) is 20.3 Å². The zero-order chi connectivity index (χ0) is 12.7. The Labute approximate surface area is 109 Å². The Morgan fingerprint density at radius 3 is 2.29 bits per heavy atom. The lowest BCUT2D eigenvalue weighted by molar-refractivity contribution is -0.118. The second-order valence-corrected chi connectivity index (χ2v) is 4.56. The summed E-state index contributed by atoms with van der Waals surface area (Å²) in [5, 5.41) is 0.712. The predicted molar refractivity (Wildman–Crippen MR) is 72.6 cm³/mol. The summed E-state index contributed by atoms with van der Waals surface area (Å²) in [5.74, 6) is 0.291. The summed E-state index contributed by atoms with van der Waals surface area (Å²) in [7, 11) is 0. The van der Waals surface area contributed by atoms with Crippen LogP contribution in [0.4, 0.5) is 0 Å². The first-order valence-corrected chi connectivity index (χ1v) is 6.52. The van der Waals surface area contributed by atoms with Gasteiger partial charge in [-0.3, -0.25) is 4.79 Å². The number of nitrogens with zero attached hydrogens (tertiary/aromatic N) is 1. The predicted octanol–water partition coefficient (Wildman–Crippen LogP) is 3.18. The molecule has 0 fully saturated rings. The van der Waals surface area contributed by atoms with E-state index < -0.39 is 0 Å². The van der Waals surface area contributed by atoms with Gasteiger partial charge >= 0.3 is 0 Å². The maximum atomic E-state index is 11.8. The van der Waals surface area contributed by atoms with Crippen molar-refractivity contribution in [2.45, 2.75) is 26.7 Å². The highest BCUT2D eigenvalue weighted by Crippen LogP contribution is 2.10. The zero-order valence-corrected chi connectivity index (χ0v) is 11.3. The molecule has 1 aromatic rings. The van der Waals surface area contributed by atoms with Crippen LogP contribution in [0.15, 0.2) is 24.3 Å². The molecular formula is C14H20ClNO. The van der Waals surface area contributed by atoms with Crippen molar-refractivity contribution in [3.8, 4) is 0 Å². The minimum absolute atomic E-state index is 0.291. The zero-order valence-electron chi connectivity index (χ0n) is 10.6. The van der Waals surface area contributed by atoms with Gasteiger partial charge in [0.05, 0.1) is 0 Å². The van der Waals surface area contributed by atoms with Gasteiger partial charge in [0.25, 0.3) is 0 Å². The average Bonchev–Trinajstić information content (AvgIpc) is 2.33. The highest BCUT2D eigenvalue weighted by Gasteiger charge is 2.06. The number of hydrogen-bond donors (Lipinski definition) is 0. The molecule has 0 aromatic heterocycles. The third-order valence-corrected chi connectivity index (χ3v) is 3.17. The number of carbonyl (C=O) groups is 1. The molecule has 0 unspecified atom stereocenters. The van der Waals surface area contributed by atoms with Crippen molar-refractivity contribution in [1.29, 1.82) is 0 Å². The van der Waals surface area contributed by atoms with Crippen LogP contribution in [-0.2, 0) is 11.2 Å². The van der Waals surface area contributed by atoms with Crippen molar-refractivity contribution in [3.05, 3.63) is 34.9 Å². The van der Waals surface area contributed by atoms with E-state index in [0.29, 0.717) is 23.6 Å². The molecule has 1 aromatic carbocycles. The number of rotatable bonds is 7. The molecule has 94 valence electrons. The molecular weight excluding hydrogens is 234 g/mol. The number of ketones is 1. The molecule has 3 heteroatoms. The summed E-state index contributed by atoms with van der Waals surface area (Å²) in [6.45, 7) is 7.11. The van der Waals surface area contributed by atoms with Crippen molar-refractivity contribution in [3.63, 3.8) is 0 Å². The van der Waals surface area contributed by atoms with Crippen molar-refractivity contribution in [2.75, 3.05) is 19.6 Å². The van der Waals surface area contributed by atoms with Gasteiger partial charge in [-0.1, -0.05) is 37.6 Å². The molecule has 0 spiro atoms. The molecule has 2 nitrogen and oxygen atoms in total. The second-order valence-electron chi connectivity index (χ2n) is 4.12. The smallest absolute Gasteiger partial charge is 0.138 e. The summed E-state index contributed by atoms with van der Waals surface area (Å²) >= 11 is 5.80. The first-order chi connectivity index (χ1) is 8.15. The van der Waals surface area contributed by atoms with Crippen LogP contribution in [0.1, 0.15) is 25.8 Å². The fourth-order valence-corrected chi connectivity index (χ4v) is 1.87. The largest absolute Gasteiger partial charge is 0.303 e. The Hall–Kier alpha value is -0.860. The Morgan fingerprint density at radius 1 is 1.18 bits per heavy atom. The van der Waals surface area contributed by atoms with Gasteiger partial charge in [-0.15, -0.1) is 0 Å². The van der Waals surface area contributed by atoms with Crippen LogP contribution < -0.4 is 0 Å². The van der Waals surface area contributed by atoms with Gasteiger partial charge < -0.3 is 4.90 Å². The minimum atomic E-state index is 0.291. The lowest BCUT2D eigenvalue weighted by Gasteiger charge is -2.16. The van der Waals surface area contributed by atoms with E-state index in [1.807, 2.05) is 24.3 Å². The van der Waals surface area contributed by atoms with Crippen molar-refractivity contribution < 1.29 is 4.79 Å². The third-order valence-electron chi connectivity index (χ3n) is 2.92. The van der Waals surface area contributed by atoms with Crippen molar-refractivity contribution >= 4 is 17.4 Å². The van der Waals surface area contributed by atoms with Crippen LogP contribution in [0.5, 0.6) is 0 Å². The van der Waals surface area contributed by atoms with Crippen LogP contribution in [0.25, 0.3) is 0 Å². The molecule has 0 radical (unpaired) electrons. The lowest BCUT2D eigenvalue weighted by Crippen LogP contribution is -2.26. The van der Waals surface area contributed by atoms with Gasteiger partial charge in [0.15, 0.2) is 0 Å². The van der Waals surface area contributed by atoms with E-state index in [0.717, 1.165) is 25.2 Å². The van der Waals surface area contributed by atoms with Gasteiger partial charge in [0, 0.05) is 24.4 Å². The van der Waals surface area contributed by atoms with Crippen LogP contribution in [0.2, 0.25) is 5.02 Å². The normalized spacial score (nSPS) is 10.8. The van der Waals surface area contributed by atoms with Gasteiger partial charge in [-0.25, -0.2) is 0 Å². The Morgan fingerprint density at radius 2 is 1.76 bits per heavy atom. The van der Waals surface area contributed by atoms with E-state index >= 15 is 0 Å². The molecule has 0 atom stereocenters. The van der Waals surface area contributed by atoms with Crippen LogP contribution >= 0.6 is 11.6 Å². The standard InChI is InChI=1S/C14H20ClNO/c1-3-16(4-2)10-9-14(17)11-12-5-7-13(15)8-6-12/h5-8H,3-4,9-11H2,1-2H3. The summed E-state index contributed by atoms with van der Waals surface area (Å²) in [6.07, 6.45) is 1.14.